The Morgan fingerprint density at radius 3 is 2.59 bits per heavy atom. The molecule has 0 spiro atoms. The van der Waals surface area contributed by atoms with E-state index in [0.29, 0.717) is 6.07 Å². The molecule has 0 saturated carbocycles. The lowest BCUT2D eigenvalue weighted by atomic mass is 10.0. The molecule has 0 aromatic heterocycles. The number of halogens is 2. The molecule has 0 heterocycles. The fourth-order valence-electron chi connectivity index (χ4n) is 1.27. The first kappa shape index (κ1) is 13.6. The standard InChI is InChI=1S/C9H10ClFN2O4/c10-3-7(14)9(15)5-1-4(13(16)17)2-6(11)8(5)12/h1-2,7,9,14-15H,3,12H2. The maximum absolute atomic E-state index is 13.3. The van der Waals surface area contributed by atoms with Gasteiger partial charge in [0.2, 0.25) is 0 Å². The Labute approximate surface area is 101 Å². The van der Waals surface area contributed by atoms with Crippen LogP contribution in [0, 0.1) is 15.9 Å². The van der Waals surface area contributed by atoms with E-state index >= 15 is 0 Å². The normalized spacial score (nSPS) is 14.4. The highest BCUT2D eigenvalue weighted by Gasteiger charge is 2.24. The number of benzene rings is 1. The van der Waals surface area contributed by atoms with E-state index in [-0.39, 0.29) is 11.4 Å². The number of nitro groups is 1. The summed E-state index contributed by atoms with van der Waals surface area (Å²) in [4.78, 5) is 9.68. The zero-order valence-electron chi connectivity index (χ0n) is 8.51. The summed E-state index contributed by atoms with van der Waals surface area (Å²) >= 11 is 5.31. The first-order chi connectivity index (χ1) is 7.88. The van der Waals surface area contributed by atoms with E-state index < -0.39 is 34.3 Å². The van der Waals surface area contributed by atoms with Gasteiger partial charge in [-0.2, -0.15) is 0 Å². The van der Waals surface area contributed by atoms with Gasteiger partial charge in [-0.3, -0.25) is 10.1 Å². The van der Waals surface area contributed by atoms with E-state index in [2.05, 4.69) is 0 Å². The number of non-ortho nitro benzene ring substituents is 1. The highest BCUT2D eigenvalue weighted by molar-refractivity contribution is 6.18. The van der Waals surface area contributed by atoms with Crippen molar-refractivity contribution in [3.63, 3.8) is 0 Å². The van der Waals surface area contributed by atoms with Gasteiger partial charge < -0.3 is 15.9 Å². The molecule has 1 aromatic carbocycles. The quantitative estimate of drug-likeness (QED) is 0.325. The predicted molar refractivity (Wildman–Crippen MR) is 59.2 cm³/mol. The monoisotopic (exact) mass is 264 g/mol. The number of nitrogens with zero attached hydrogens (tertiary/aromatic N) is 1. The van der Waals surface area contributed by atoms with Crippen LogP contribution < -0.4 is 5.73 Å². The zero-order chi connectivity index (χ0) is 13.2. The molecule has 2 atom stereocenters. The maximum Gasteiger partial charge on any atom is 0.272 e. The van der Waals surface area contributed by atoms with E-state index in [1.807, 2.05) is 0 Å². The number of hydrogen-bond acceptors (Lipinski definition) is 5. The summed E-state index contributed by atoms with van der Waals surface area (Å²) < 4.78 is 13.3. The van der Waals surface area contributed by atoms with Gasteiger partial charge in [0.15, 0.2) is 5.82 Å². The Balaban J connectivity index is 3.27. The average Bonchev–Trinajstić information content (AvgIpc) is 2.30. The minimum absolute atomic E-state index is 0.259. The third kappa shape index (κ3) is 2.82. The molecule has 17 heavy (non-hydrogen) atoms. The zero-order valence-corrected chi connectivity index (χ0v) is 9.26. The Bertz CT molecular complexity index is 443. The van der Waals surface area contributed by atoms with Crippen molar-refractivity contribution in [2.24, 2.45) is 0 Å². The molecule has 0 aliphatic rings. The van der Waals surface area contributed by atoms with Crippen LogP contribution in [0.5, 0.6) is 0 Å². The number of nitro benzene ring substituents is 1. The molecule has 0 fully saturated rings. The third-order valence-corrected chi connectivity index (χ3v) is 2.51. The molecule has 0 aliphatic heterocycles. The lowest BCUT2D eigenvalue weighted by Crippen LogP contribution is -2.21. The van der Waals surface area contributed by atoms with Crippen molar-refractivity contribution in [3.8, 4) is 0 Å². The second kappa shape index (κ2) is 5.26. The Kier molecular flexibility index (Phi) is 4.22. The van der Waals surface area contributed by atoms with Crippen molar-refractivity contribution in [1.29, 1.82) is 0 Å². The summed E-state index contributed by atoms with van der Waals surface area (Å²) in [6.45, 7) is 0. The first-order valence-corrected chi connectivity index (χ1v) is 5.07. The van der Waals surface area contributed by atoms with Crippen LogP contribution in [-0.2, 0) is 0 Å². The van der Waals surface area contributed by atoms with E-state index in [1.165, 1.54) is 0 Å². The SMILES string of the molecule is Nc1c(F)cc([N+](=O)[O-])cc1C(O)C(O)CCl. The summed E-state index contributed by atoms with van der Waals surface area (Å²) in [7, 11) is 0. The molecule has 8 heteroatoms. The number of nitrogens with two attached hydrogens (primary N) is 1. The minimum Gasteiger partial charge on any atom is -0.396 e. The lowest BCUT2D eigenvalue weighted by Gasteiger charge is -2.17. The fourth-order valence-corrected chi connectivity index (χ4v) is 1.43. The largest absolute Gasteiger partial charge is 0.396 e. The molecule has 0 saturated heterocycles. The van der Waals surface area contributed by atoms with E-state index in [1.54, 1.807) is 0 Å². The van der Waals surface area contributed by atoms with Gasteiger partial charge in [-0.05, 0) is 0 Å². The Hall–Kier alpha value is -1.44. The molecule has 94 valence electrons. The molecule has 0 radical (unpaired) electrons. The molecule has 2 unspecified atom stereocenters. The summed E-state index contributed by atoms with van der Waals surface area (Å²) in [5.74, 6) is -1.35. The van der Waals surface area contributed by atoms with E-state index in [9.17, 15) is 24.7 Å². The molecular formula is C9H10ClFN2O4. The Morgan fingerprint density at radius 2 is 2.12 bits per heavy atom. The van der Waals surface area contributed by atoms with Crippen molar-refractivity contribution in [2.45, 2.75) is 12.2 Å². The van der Waals surface area contributed by atoms with Crippen molar-refractivity contribution >= 4 is 23.0 Å². The second-order valence-corrected chi connectivity index (χ2v) is 3.66. The van der Waals surface area contributed by atoms with Crippen LogP contribution in [0.15, 0.2) is 12.1 Å². The number of anilines is 1. The van der Waals surface area contributed by atoms with Crippen LogP contribution in [0.1, 0.15) is 11.7 Å². The van der Waals surface area contributed by atoms with Gasteiger partial charge >= 0.3 is 0 Å². The van der Waals surface area contributed by atoms with E-state index in [4.69, 9.17) is 17.3 Å². The van der Waals surface area contributed by atoms with Crippen LogP contribution in [0.25, 0.3) is 0 Å². The lowest BCUT2D eigenvalue weighted by molar-refractivity contribution is -0.385. The summed E-state index contributed by atoms with van der Waals surface area (Å²) in [6.07, 6.45) is -2.97. The topological polar surface area (TPSA) is 110 Å². The molecule has 4 N–H and O–H groups in total. The highest BCUT2D eigenvalue weighted by atomic mass is 35.5. The van der Waals surface area contributed by atoms with Crippen LogP contribution >= 0.6 is 11.6 Å². The average molecular weight is 265 g/mol. The molecular weight excluding hydrogens is 255 g/mol. The van der Waals surface area contributed by atoms with Crippen molar-refractivity contribution < 1.29 is 19.5 Å². The van der Waals surface area contributed by atoms with Gasteiger partial charge in [0.05, 0.1) is 28.7 Å². The van der Waals surface area contributed by atoms with Gasteiger partial charge in [0.25, 0.3) is 5.69 Å². The minimum atomic E-state index is -1.58. The number of aliphatic hydroxyl groups is 2. The van der Waals surface area contributed by atoms with Crippen LogP contribution in [0.4, 0.5) is 15.8 Å². The summed E-state index contributed by atoms with van der Waals surface area (Å²) in [5.41, 5.74) is 4.06. The van der Waals surface area contributed by atoms with Gasteiger partial charge in [0, 0.05) is 11.6 Å². The fraction of sp³-hybridized carbons (Fsp3) is 0.333. The summed E-state index contributed by atoms with van der Waals surface area (Å²) in [5, 5.41) is 29.4. The predicted octanol–water partition coefficient (Wildman–Crippen LogP) is 0.949. The molecule has 1 rings (SSSR count). The molecule has 6 nitrogen and oxygen atoms in total. The van der Waals surface area contributed by atoms with E-state index in [0.717, 1.165) is 6.07 Å². The van der Waals surface area contributed by atoms with Gasteiger partial charge in [-0.15, -0.1) is 11.6 Å². The summed E-state index contributed by atoms with van der Waals surface area (Å²) in [6, 6.07) is 1.54. The van der Waals surface area contributed by atoms with Gasteiger partial charge in [0.1, 0.15) is 6.10 Å². The highest BCUT2D eigenvalue weighted by Crippen LogP contribution is 2.30. The van der Waals surface area contributed by atoms with Crippen LogP contribution in [0.3, 0.4) is 0 Å². The van der Waals surface area contributed by atoms with Crippen molar-refractivity contribution in [2.75, 3.05) is 11.6 Å². The number of rotatable bonds is 4. The number of alkyl halides is 1. The Morgan fingerprint density at radius 1 is 1.53 bits per heavy atom. The smallest absolute Gasteiger partial charge is 0.272 e. The molecule has 1 aromatic rings. The van der Waals surface area contributed by atoms with Crippen LogP contribution in [0.2, 0.25) is 0 Å². The first-order valence-electron chi connectivity index (χ1n) is 4.54. The third-order valence-electron chi connectivity index (χ3n) is 2.20. The maximum atomic E-state index is 13.3. The molecule has 0 amide bonds. The van der Waals surface area contributed by atoms with Gasteiger partial charge in [-0.1, -0.05) is 0 Å². The van der Waals surface area contributed by atoms with Crippen LogP contribution in [-0.4, -0.2) is 27.1 Å². The number of hydrogen-bond donors (Lipinski definition) is 3. The number of aliphatic hydroxyl groups excluding tert-OH is 2. The number of nitrogen functional groups attached to an aromatic ring is 1. The molecule has 0 bridgehead atoms. The van der Waals surface area contributed by atoms with Crippen molar-refractivity contribution in [3.05, 3.63) is 33.6 Å². The second-order valence-electron chi connectivity index (χ2n) is 3.35. The van der Waals surface area contributed by atoms with Gasteiger partial charge in [-0.25, -0.2) is 4.39 Å². The van der Waals surface area contributed by atoms with Crippen molar-refractivity contribution in [1.82, 2.24) is 0 Å². The molecule has 0 aliphatic carbocycles.